The highest BCUT2D eigenvalue weighted by atomic mass is 32.1. The molecule has 160 valence electrons. The Labute approximate surface area is 189 Å². The second kappa shape index (κ2) is 8.05. The van der Waals surface area contributed by atoms with Gasteiger partial charge in [-0.1, -0.05) is 6.07 Å². The molecule has 0 aliphatic heterocycles. The van der Waals surface area contributed by atoms with E-state index in [1.54, 1.807) is 28.4 Å². The zero-order valence-electron chi connectivity index (χ0n) is 18.0. The Morgan fingerprint density at radius 1 is 1.06 bits per heavy atom. The molecule has 0 aliphatic rings. The lowest BCUT2D eigenvalue weighted by molar-refractivity contribution is 0.0950. The molecule has 0 spiro atoms. The van der Waals surface area contributed by atoms with Crippen LogP contribution in [0.1, 0.15) is 26.5 Å². The highest BCUT2D eigenvalue weighted by Gasteiger charge is 2.17. The summed E-state index contributed by atoms with van der Waals surface area (Å²) in [5.41, 5.74) is 5.98. The third kappa shape index (κ3) is 3.80. The second-order valence-electron chi connectivity index (χ2n) is 7.78. The fourth-order valence-corrected chi connectivity index (χ4v) is 4.50. The quantitative estimate of drug-likeness (QED) is 0.438. The predicted molar refractivity (Wildman–Crippen MR) is 126 cm³/mol. The number of thiophene rings is 1. The molecule has 32 heavy (non-hydrogen) atoms. The smallest absolute Gasteiger partial charge is 0.253 e. The molecule has 0 radical (unpaired) electrons. The highest BCUT2D eigenvalue weighted by Crippen LogP contribution is 2.32. The number of pyridine rings is 2. The number of nitrogens with one attached hydrogen (secondary N) is 1. The number of imidazole rings is 1. The van der Waals surface area contributed by atoms with Crippen LogP contribution in [0.2, 0.25) is 0 Å². The van der Waals surface area contributed by atoms with Gasteiger partial charge in [-0.15, -0.1) is 11.3 Å². The normalized spacial score (nSPS) is 11.2. The summed E-state index contributed by atoms with van der Waals surface area (Å²) in [7, 11) is 1.87. The molecule has 0 aromatic carbocycles. The lowest BCUT2D eigenvalue weighted by Crippen LogP contribution is -2.23. The van der Waals surface area contributed by atoms with Gasteiger partial charge in [0.25, 0.3) is 5.91 Å². The average Bonchev–Trinajstić information content (AvgIpc) is 3.52. The van der Waals surface area contributed by atoms with Gasteiger partial charge in [0.15, 0.2) is 0 Å². The number of amides is 1. The molecule has 7 nitrogen and oxygen atoms in total. The first kappa shape index (κ1) is 20.1. The average molecular weight is 443 g/mol. The summed E-state index contributed by atoms with van der Waals surface area (Å²) in [6.45, 7) is 4.43. The maximum atomic E-state index is 13.1. The molecular formula is C24H22N6OS. The van der Waals surface area contributed by atoms with Gasteiger partial charge in [-0.05, 0) is 43.7 Å². The molecule has 5 aromatic heterocycles. The number of nitrogens with zero attached hydrogens (tertiary/aromatic N) is 5. The number of aryl methyl sites for hydroxylation is 3. The van der Waals surface area contributed by atoms with Crippen LogP contribution in [0.4, 0.5) is 0 Å². The fourth-order valence-electron chi connectivity index (χ4n) is 3.63. The van der Waals surface area contributed by atoms with Gasteiger partial charge in [0, 0.05) is 53.9 Å². The Morgan fingerprint density at radius 2 is 1.94 bits per heavy atom. The third-order valence-electron chi connectivity index (χ3n) is 5.30. The van der Waals surface area contributed by atoms with Crippen LogP contribution in [0.3, 0.4) is 0 Å². The van der Waals surface area contributed by atoms with Crippen LogP contribution in [0.15, 0.2) is 61.3 Å². The van der Waals surface area contributed by atoms with Crippen molar-refractivity contribution < 1.29 is 4.79 Å². The maximum absolute atomic E-state index is 13.1. The van der Waals surface area contributed by atoms with E-state index in [1.165, 1.54) is 4.88 Å². The molecule has 0 aliphatic carbocycles. The van der Waals surface area contributed by atoms with Crippen LogP contribution >= 0.6 is 11.3 Å². The van der Waals surface area contributed by atoms with Crippen LogP contribution < -0.4 is 5.32 Å². The molecule has 0 bridgehead atoms. The number of rotatable bonds is 5. The molecular weight excluding hydrogens is 420 g/mol. The summed E-state index contributed by atoms with van der Waals surface area (Å²) >= 11 is 1.70. The van der Waals surface area contributed by atoms with E-state index >= 15 is 0 Å². The van der Waals surface area contributed by atoms with E-state index in [-0.39, 0.29) is 5.91 Å². The minimum absolute atomic E-state index is 0.153. The number of fused-ring (bicyclic) bond motifs is 1. The van der Waals surface area contributed by atoms with E-state index in [9.17, 15) is 4.79 Å². The molecule has 0 saturated heterocycles. The van der Waals surface area contributed by atoms with Crippen LogP contribution in [-0.4, -0.2) is 30.1 Å². The number of hydrogen-bond donors (Lipinski definition) is 1. The molecule has 0 saturated carbocycles. The minimum atomic E-state index is -0.153. The Hall–Kier alpha value is -3.78. The Bertz CT molecular complexity index is 1430. The van der Waals surface area contributed by atoms with Crippen LogP contribution in [-0.2, 0) is 13.6 Å². The molecule has 0 unspecified atom stereocenters. The molecule has 0 fully saturated rings. The maximum Gasteiger partial charge on any atom is 0.253 e. The monoisotopic (exact) mass is 442 g/mol. The van der Waals surface area contributed by atoms with E-state index in [1.807, 2.05) is 55.2 Å². The first-order valence-corrected chi connectivity index (χ1v) is 11.1. The Balaban J connectivity index is 1.57. The summed E-state index contributed by atoms with van der Waals surface area (Å²) < 4.78 is 3.74. The zero-order valence-corrected chi connectivity index (χ0v) is 18.8. The van der Waals surface area contributed by atoms with Gasteiger partial charge in [0.05, 0.1) is 28.5 Å². The van der Waals surface area contributed by atoms with Crippen molar-refractivity contribution in [3.05, 3.63) is 83.0 Å². The van der Waals surface area contributed by atoms with Gasteiger partial charge < -0.3 is 5.32 Å². The zero-order chi connectivity index (χ0) is 22.2. The molecule has 1 amide bonds. The van der Waals surface area contributed by atoms with Crippen LogP contribution in [0.5, 0.6) is 0 Å². The summed E-state index contributed by atoms with van der Waals surface area (Å²) in [6.07, 6.45) is 9.22. The van der Waals surface area contributed by atoms with Crippen molar-refractivity contribution in [2.45, 2.75) is 20.4 Å². The van der Waals surface area contributed by atoms with Crippen molar-refractivity contribution in [3.63, 3.8) is 0 Å². The summed E-state index contributed by atoms with van der Waals surface area (Å²) in [6, 6.07) is 9.97. The van der Waals surface area contributed by atoms with E-state index in [2.05, 4.69) is 39.4 Å². The number of carbonyl (C=O) groups excluding carboxylic acids is 1. The Morgan fingerprint density at radius 3 is 2.62 bits per heavy atom. The predicted octanol–water partition coefficient (Wildman–Crippen LogP) is 4.41. The molecule has 1 N–H and O–H groups in total. The van der Waals surface area contributed by atoms with Crippen molar-refractivity contribution in [1.29, 1.82) is 0 Å². The molecule has 5 heterocycles. The number of hydrogen-bond acceptors (Lipinski definition) is 5. The first-order chi connectivity index (χ1) is 15.5. The van der Waals surface area contributed by atoms with E-state index in [0.717, 1.165) is 38.6 Å². The van der Waals surface area contributed by atoms with Crippen molar-refractivity contribution >= 4 is 22.9 Å². The van der Waals surface area contributed by atoms with Gasteiger partial charge in [-0.25, -0.2) is 4.98 Å². The second-order valence-corrected chi connectivity index (χ2v) is 9.07. The van der Waals surface area contributed by atoms with E-state index in [0.29, 0.717) is 12.1 Å². The van der Waals surface area contributed by atoms with Gasteiger partial charge in [0.2, 0.25) is 0 Å². The van der Waals surface area contributed by atoms with Crippen LogP contribution in [0.25, 0.3) is 27.3 Å². The highest BCUT2D eigenvalue weighted by molar-refractivity contribution is 7.15. The van der Waals surface area contributed by atoms with Gasteiger partial charge in [-0.3, -0.25) is 18.9 Å². The third-order valence-corrected chi connectivity index (χ3v) is 6.33. The lowest BCUT2D eigenvalue weighted by atomic mass is 10.1. The Kier molecular flexibility index (Phi) is 5.07. The standard InChI is InChI=1S/C24H22N6OS/c1-15-4-6-17(9-25-15)10-27-24(31)18-8-20(19-11-28-29(3)13-19)23-26-12-21(30(23)14-18)22-7-5-16(2)32-22/h4-9,11-14H,10H2,1-3H3,(H,27,31). The van der Waals surface area contributed by atoms with Crippen molar-refractivity contribution in [3.8, 4) is 21.7 Å². The number of carbonyl (C=O) groups is 1. The molecule has 8 heteroatoms. The SMILES string of the molecule is Cc1ccc(CNC(=O)c2cc(-c3cnn(C)c3)c3ncc(-c4ccc(C)s4)n3c2)cn1. The summed E-state index contributed by atoms with van der Waals surface area (Å²) in [5.74, 6) is -0.153. The topological polar surface area (TPSA) is 77.1 Å². The van der Waals surface area contributed by atoms with E-state index in [4.69, 9.17) is 0 Å². The van der Waals surface area contributed by atoms with Crippen molar-refractivity contribution in [2.75, 3.05) is 0 Å². The molecule has 0 atom stereocenters. The number of aromatic nitrogens is 5. The van der Waals surface area contributed by atoms with Gasteiger partial charge in [-0.2, -0.15) is 5.10 Å². The summed E-state index contributed by atoms with van der Waals surface area (Å²) in [5, 5.41) is 7.31. The fraction of sp³-hybridized carbons (Fsp3) is 0.167. The van der Waals surface area contributed by atoms with Crippen LogP contribution in [0, 0.1) is 13.8 Å². The molecule has 5 rings (SSSR count). The molecule has 5 aromatic rings. The van der Waals surface area contributed by atoms with Crippen molar-refractivity contribution in [1.82, 2.24) is 29.5 Å². The van der Waals surface area contributed by atoms with Gasteiger partial charge >= 0.3 is 0 Å². The van der Waals surface area contributed by atoms with Crippen molar-refractivity contribution in [2.24, 2.45) is 7.05 Å². The lowest BCUT2D eigenvalue weighted by Gasteiger charge is -2.10. The summed E-state index contributed by atoms with van der Waals surface area (Å²) in [4.78, 5) is 24.4. The largest absolute Gasteiger partial charge is 0.348 e. The van der Waals surface area contributed by atoms with Gasteiger partial charge in [0.1, 0.15) is 5.65 Å². The first-order valence-electron chi connectivity index (χ1n) is 10.2. The minimum Gasteiger partial charge on any atom is -0.348 e. The van der Waals surface area contributed by atoms with E-state index < -0.39 is 0 Å².